The molecule has 2 rings (SSSR count). The van der Waals surface area contributed by atoms with Gasteiger partial charge in [0.1, 0.15) is 16.9 Å². The smallest absolute Gasteiger partial charge is 0.316 e. The molecule has 1 N–H and O–H groups in total. The first-order valence-corrected chi connectivity index (χ1v) is 5.26. The molecule has 1 fully saturated rings. The number of aliphatic carboxylic acids is 1. The summed E-state index contributed by atoms with van der Waals surface area (Å²) in [5.41, 5.74) is -0.934. The second-order valence-electron chi connectivity index (χ2n) is 4.95. The van der Waals surface area contributed by atoms with Gasteiger partial charge in [0.15, 0.2) is 0 Å². The maximum absolute atomic E-state index is 11.0. The highest BCUT2D eigenvalue weighted by molar-refractivity contribution is 5.79. The minimum atomic E-state index is -0.934. The second-order valence-corrected chi connectivity index (χ2v) is 4.95. The summed E-state index contributed by atoms with van der Waals surface area (Å²) in [7, 11) is 0. The van der Waals surface area contributed by atoms with Gasteiger partial charge in [-0.2, -0.15) is 0 Å². The zero-order valence-electron chi connectivity index (χ0n) is 9.28. The molecule has 82 valence electrons. The number of carbonyl (C=O) groups is 1. The molecule has 2 unspecified atom stereocenters. The minimum Gasteiger partial charge on any atom is -0.481 e. The van der Waals surface area contributed by atoms with Crippen LogP contribution in [0.5, 0.6) is 0 Å². The predicted molar refractivity (Wildman–Crippen MR) is 55.9 cm³/mol. The van der Waals surface area contributed by atoms with Gasteiger partial charge in [-0.25, -0.2) is 0 Å². The van der Waals surface area contributed by atoms with Crippen molar-refractivity contribution >= 4 is 5.97 Å². The highest BCUT2D eigenvalue weighted by atomic mass is 16.4. The summed E-state index contributed by atoms with van der Waals surface area (Å²) in [4.78, 5) is 11.0. The van der Waals surface area contributed by atoms with Gasteiger partial charge in [0.05, 0.1) is 0 Å². The molecular weight excluding hydrogens is 192 g/mol. The van der Waals surface area contributed by atoms with Crippen LogP contribution in [0.3, 0.4) is 0 Å². The molecule has 3 heteroatoms. The summed E-state index contributed by atoms with van der Waals surface area (Å²) in [5.74, 6) is 1.81. The Hall–Kier alpha value is -1.25. The average Bonchev–Trinajstić information content (AvgIpc) is 2.69. The summed E-state index contributed by atoms with van der Waals surface area (Å²) in [6.07, 6.45) is 1.15. The number of furan rings is 1. The molecule has 1 saturated carbocycles. The molecule has 0 radical (unpaired) electrons. The monoisotopic (exact) mass is 208 g/mol. The lowest BCUT2D eigenvalue weighted by molar-refractivity contribution is -0.143. The predicted octanol–water partition coefficient (Wildman–Crippen LogP) is 2.77. The van der Waals surface area contributed by atoms with Gasteiger partial charge in [0.25, 0.3) is 0 Å². The normalized spacial score (nSPS) is 25.3. The Bertz CT molecular complexity index is 389. The topological polar surface area (TPSA) is 50.4 Å². The van der Waals surface area contributed by atoms with Crippen molar-refractivity contribution in [2.24, 2.45) is 5.92 Å². The van der Waals surface area contributed by atoms with Crippen molar-refractivity contribution in [3.05, 3.63) is 23.7 Å². The van der Waals surface area contributed by atoms with Gasteiger partial charge < -0.3 is 9.52 Å². The number of carboxylic acid groups (broad SMARTS) is 1. The molecule has 0 aromatic carbocycles. The Morgan fingerprint density at radius 1 is 1.53 bits per heavy atom. The molecule has 2 atom stereocenters. The molecule has 1 aliphatic rings. The van der Waals surface area contributed by atoms with E-state index in [1.54, 1.807) is 19.9 Å². The van der Waals surface area contributed by atoms with E-state index in [2.05, 4.69) is 6.92 Å². The summed E-state index contributed by atoms with van der Waals surface area (Å²) < 4.78 is 5.62. The molecule has 15 heavy (non-hydrogen) atoms. The van der Waals surface area contributed by atoms with Gasteiger partial charge in [0, 0.05) is 5.92 Å². The molecule has 0 saturated heterocycles. The Balaban J connectivity index is 2.23. The lowest BCUT2D eigenvalue weighted by Gasteiger charge is -2.15. The van der Waals surface area contributed by atoms with Crippen molar-refractivity contribution < 1.29 is 14.3 Å². The van der Waals surface area contributed by atoms with Crippen molar-refractivity contribution in [3.8, 4) is 0 Å². The van der Waals surface area contributed by atoms with Crippen molar-refractivity contribution in [3.63, 3.8) is 0 Å². The van der Waals surface area contributed by atoms with Crippen LogP contribution in [0, 0.1) is 5.92 Å². The van der Waals surface area contributed by atoms with Crippen LogP contribution in [0.15, 0.2) is 16.5 Å². The molecule has 1 aliphatic carbocycles. The van der Waals surface area contributed by atoms with Crippen molar-refractivity contribution in [1.29, 1.82) is 0 Å². The van der Waals surface area contributed by atoms with E-state index in [1.165, 1.54) is 0 Å². The van der Waals surface area contributed by atoms with E-state index < -0.39 is 11.4 Å². The number of rotatable bonds is 3. The zero-order chi connectivity index (χ0) is 11.2. The Morgan fingerprint density at radius 3 is 2.60 bits per heavy atom. The van der Waals surface area contributed by atoms with E-state index in [4.69, 9.17) is 9.52 Å². The first-order chi connectivity index (χ1) is 6.93. The first kappa shape index (κ1) is 10.3. The SMILES string of the molecule is CC1CC1c1ccc(C(C)(C)C(=O)O)o1. The van der Waals surface area contributed by atoms with Crippen molar-refractivity contribution in [1.82, 2.24) is 0 Å². The van der Waals surface area contributed by atoms with Gasteiger partial charge in [-0.05, 0) is 38.3 Å². The maximum atomic E-state index is 11.0. The Morgan fingerprint density at radius 2 is 2.13 bits per heavy atom. The van der Waals surface area contributed by atoms with Crippen LogP contribution in [-0.4, -0.2) is 11.1 Å². The molecule has 1 aromatic heterocycles. The lowest BCUT2D eigenvalue weighted by Crippen LogP contribution is -2.27. The van der Waals surface area contributed by atoms with Crippen LogP contribution in [0.1, 0.15) is 44.6 Å². The van der Waals surface area contributed by atoms with E-state index in [1.807, 2.05) is 6.07 Å². The van der Waals surface area contributed by atoms with Crippen LogP contribution in [0.4, 0.5) is 0 Å². The minimum absolute atomic E-state index is 0.503. The molecule has 1 heterocycles. The van der Waals surface area contributed by atoms with E-state index in [9.17, 15) is 4.79 Å². The molecule has 1 aromatic rings. The van der Waals surface area contributed by atoms with Crippen LogP contribution >= 0.6 is 0 Å². The third-order valence-electron chi connectivity index (χ3n) is 3.25. The van der Waals surface area contributed by atoms with Crippen LogP contribution in [0.2, 0.25) is 0 Å². The molecule has 0 amide bonds. The molecule has 3 nitrogen and oxygen atoms in total. The zero-order valence-corrected chi connectivity index (χ0v) is 9.28. The summed E-state index contributed by atoms with van der Waals surface area (Å²) in [6, 6.07) is 3.70. The summed E-state index contributed by atoms with van der Waals surface area (Å²) in [6.45, 7) is 5.50. The highest BCUT2D eigenvalue weighted by Crippen LogP contribution is 2.48. The van der Waals surface area contributed by atoms with Crippen LogP contribution < -0.4 is 0 Å². The standard InChI is InChI=1S/C12H16O3/c1-7-6-8(7)9-4-5-10(15-9)12(2,3)11(13)14/h4-5,7-8H,6H2,1-3H3,(H,13,14). The first-order valence-electron chi connectivity index (χ1n) is 5.26. The fourth-order valence-electron chi connectivity index (χ4n) is 1.71. The molecular formula is C12H16O3. The number of hydrogen-bond donors (Lipinski definition) is 1. The molecule has 0 spiro atoms. The van der Waals surface area contributed by atoms with Gasteiger partial charge in [-0.15, -0.1) is 0 Å². The highest BCUT2D eigenvalue weighted by Gasteiger charge is 2.39. The van der Waals surface area contributed by atoms with Gasteiger partial charge in [0.2, 0.25) is 0 Å². The van der Waals surface area contributed by atoms with Gasteiger partial charge in [-0.1, -0.05) is 6.92 Å². The molecule has 0 bridgehead atoms. The van der Waals surface area contributed by atoms with Crippen molar-refractivity contribution in [2.45, 2.75) is 38.5 Å². The third kappa shape index (κ3) is 1.66. The fraction of sp³-hybridized carbons (Fsp3) is 0.583. The maximum Gasteiger partial charge on any atom is 0.316 e. The largest absolute Gasteiger partial charge is 0.481 e. The van der Waals surface area contributed by atoms with E-state index in [0.29, 0.717) is 17.6 Å². The van der Waals surface area contributed by atoms with Crippen LogP contribution in [0.25, 0.3) is 0 Å². The van der Waals surface area contributed by atoms with Crippen molar-refractivity contribution in [2.75, 3.05) is 0 Å². The fourth-order valence-corrected chi connectivity index (χ4v) is 1.71. The quantitative estimate of drug-likeness (QED) is 0.830. The number of hydrogen-bond acceptors (Lipinski definition) is 2. The van der Waals surface area contributed by atoms with E-state index in [-0.39, 0.29) is 0 Å². The Labute approximate surface area is 89.1 Å². The summed E-state index contributed by atoms with van der Waals surface area (Å²) in [5, 5.41) is 9.05. The Kier molecular flexibility index (Phi) is 2.14. The molecule has 0 aliphatic heterocycles. The second kappa shape index (κ2) is 3.12. The lowest BCUT2D eigenvalue weighted by atomic mass is 9.91. The number of carboxylic acids is 1. The van der Waals surface area contributed by atoms with Gasteiger partial charge >= 0.3 is 5.97 Å². The average molecular weight is 208 g/mol. The van der Waals surface area contributed by atoms with E-state index in [0.717, 1.165) is 12.2 Å². The van der Waals surface area contributed by atoms with E-state index >= 15 is 0 Å². The summed E-state index contributed by atoms with van der Waals surface area (Å²) >= 11 is 0. The van der Waals surface area contributed by atoms with Crippen LogP contribution in [-0.2, 0) is 10.2 Å². The third-order valence-corrected chi connectivity index (χ3v) is 3.25. The van der Waals surface area contributed by atoms with Gasteiger partial charge in [-0.3, -0.25) is 4.79 Å².